The predicted octanol–water partition coefficient (Wildman–Crippen LogP) is 6.85. The number of hydrogen-bond acceptors (Lipinski definition) is 5. The summed E-state index contributed by atoms with van der Waals surface area (Å²) in [5, 5.41) is -0.112. The topological polar surface area (TPSA) is 74.7 Å². The molecule has 0 N–H and O–H groups in total. The number of pyridine rings is 1. The molecule has 1 aromatic heterocycles. The number of hydrogen-bond donors (Lipinski definition) is 0. The van der Waals surface area contributed by atoms with Crippen LogP contribution < -0.4 is 4.74 Å². The second kappa shape index (κ2) is 11.2. The molecule has 2 aromatic carbocycles. The maximum Gasteiger partial charge on any atom is 0.410 e. The molecule has 0 radical (unpaired) electrons. The first-order chi connectivity index (χ1) is 18.6. The first kappa shape index (κ1) is 27.5. The largest absolute Gasteiger partial charge is 0.616 e. The van der Waals surface area contributed by atoms with Crippen LogP contribution in [0.5, 0.6) is 5.75 Å². The van der Waals surface area contributed by atoms with Crippen molar-refractivity contribution in [2.24, 2.45) is 0 Å². The number of carbonyl (C=O) groups is 1. The van der Waals surface area contributed by atoms with Crippen LogP contribution in [0.25, 0.3) is 11.1 Å². The minimum atomic E-state index is -1.04. The number of ether oxygens (including phenoxy) is 2. The Labute approximate surface area is 234 Å². The number of piperidine rings is 1. The van der Waals surface area contributed by atoms with E-state index in [0.717, 1.165) is 53.8 Å². The van der Waals surface area contributed by atoms with Crippen molar-refractivity contribution in [1.29, 1.82) is 0 Å². The Bertz CT molecular complexity index is 1280. The molecule has 0 bridgehead atoms. The molecule has 2 aliphatic rings. The van der Waals surface area contributed by atoms with Gasteiger partial charge < -0.3 is 18.9 Å². The fourth-order valence-corrected chi connectivity index (χ4v) is 6.49. The number of aromatic nitrogens is 1. The lowest BCUT2D eigenvalue weighted by molar-refractivity contribution is -0.0272. The van der Waals surface area contributed by atoms with Gasteiger partial charge in [0, 0.05) is 37.7 Å². The van der Waals surface area contributed by atoms with E-state index < -0.39 is 16.8 Å². The van der Waals surface area contributed by atoms with Gasteiger partial charge in [-0.2, -0.15) is 0 Å². The highest BCUT2D eigenvalue weighted by Crippen LogP contribution is 2.41. The first-order valence-electron chi connectivity index (χ1n) is 13.8. The summed E-state index contributed by atoms with van der Waals surface area (Å²) in [6, 6.07) is 20.5. The van der Waals surface area contributed by atoms with E-state index in [4.69, 9.17) is 9.47 Å². The zero-order valence-electron chi connectivity index (χ0n) is 23.3. The SMILES string of the molecule is CC(c1ccccn1)[S+]([O-])Cc1ccc(-c2ccc3c(c2)CCC2(CCN(C(=O)OC(C)(C)C)CC2)O3)cc1. The molecule has 1 fully saturated rings. The van der Waals surface area contributed by atoms with Crippen molar-refractivity contribution < 1.29 is 18.8 Å². The van der Waals surface area contributed by atoms with Gasteiger partial charge in [-0.3, -0.25) is 4.98 Å². The van der Waals surface area contributed by atoms with Crippen LogP contribution in [0.1, 0.15) is 69.0 Å². The van der Waals surface area contributed by atoms with E-state index in [0.29, 0.717) is 18.8 Å². The molecule has 0 aliphatic carbocycles. The number of nitrogens with zero attached hydrogens (tertiary/aromatic N) is 2. The van der Waals surface area contributed by atoms with Crippen molar-refractivity contribution >= 4 is 17.3 Å². The molecule has 206 valence electrons. The molecular formula is C32H38N2O4S. The Hall–Kier alpha value is -3.03. The van der Waals surface area contributed by atoms with Crippen molar-refractivity contribution in [3.05, 3.63) is 83.7 Å². The number of amides is 1. The number of fused-ring (bicyclic) bond motifs is 1. The Morgan fingerprint density at radius 2 is 1.79 bits per heavy atom. The summed E-state index contributed by atoms with van der Waals surface area (Å²) < 4.78 is 25.0. The predicted molar refractivity (Wildman–Crippen MR) is 155 cm³/mol. The minimum Gasteiger partial charge on any atom is -0.616 e. The molecule has 3 heterocycles. The fraction of sp³-hybridized carbons (Fsp3) is 0.438. The molecular weight excluding hydrogens is 508 g/mol. The standard InChI is InChI=1S/C32H38N2O4S/c1-23(28-7-5-6-18-33-28)39(36)22-24-8-10-25(11-9-24)26-12-13-29-27(21-26)14-15-32(37-29)16-19-34(20-17-32)30(35)38-31(2,3)4/h5-13,18,21,23H,14-17,19-20,22H2,1-4H3. The lowest BCUT2D eigenvalue weighted by atomic mass is 9.82. The van der Waals surface area contributed by atoms with Crippen molar-refractivity contribution in [2.75, 3.05) is 13.1 Å². The van der Waals surface area contributed by atoms with Crippen molar-refractivity contribution in [3.63, 3.8) is 0 Å². The molecule has 2 aliphatic heterocycles. The highest BCUT2D eigenvalue weighted by Gasteiger charge is 2.41. The Morgan fingerprint density at radius 1 is 1.08 bits per heavy atom. The van der Waals surface area contributed by atoms with E-state index in [2.05, 4.69) is 47.4 Å². The van der Waals surface area contributed by atoms with Crippen molar-refractivity contribution in [2.45, 2.75) is 75.6 Å². The number of carbonyl (C=O) groups excluding carboxylic acids is 1. The van der Waals surface area contributed by atoms with Crippen LogP contribution in [-0.2, 0) is 28.1 Å². The van der Waals surface area contributed by atoms with Crippen LogP contribution in [0.2, 0.25) is 0 Å². The second-order valence-corrected chi connectivity index (χ2v) is 13.5. The Morgan fingerprint density at radius 3 is 2.46 bits per heavy atom. The van der Waals surface area contributed by atoms with Gasteiger partial charge in [0.1, 0.15) is 22.7 Å². The van der Waals surface area contributed by atoms with Crippen LogP contribution in [0, 0.1) is 0 Å². The highest BCUT2D eigenvalue weighted by atomic mass is 32.2. The van der Waals surface area contributed by atoms with Crippen molar-refractivity contribution in [3.8, 4) is 16.9 Å². The summed E-state index contributed by atoms with van der Waals surface area (Å²) >= 11 is -1.04. The van der Waals surface area contributed by atoms with Gasteiger partial charge in [-0.1, -0.05) is 36.4 Å². The normalized spacial score (nSPS) is 18.1. The van der Waals surface area contributed by atoms with Gasteiger partial charge in [-0.05, 0) is 92.7 Å². The third-order valence-corrected chi connectivity index (χ3v) is 9.31. The lowest BCUT2D eigenvalue weighted by Crippen LogP contribution is -2.52. The van der Waals surface area contributed by atoms with E-state index in [1.807, 2.05) is 45.9 Å². The maximum atomic E-state index is 12.9. The number of rotatable bonds is 5. The Balaban J connectivity index is 1.19. The van der Waals surface area contributed by atoms with Gasteiger partial charge in [0.05, 0.1) is 5.69 Å². The average molecular weight is 547 g/mol. The van der Waals surface area contributed by atoms with Crippen LogP contribution in [0.3, 0.4) is 0 Å². The van der Waals surface area contributed by atoms with Crippen LogP contribution in [-0.4, -0.2) is 44.8 Å². The monoisotopic (exact) mass is 546 g/mol. The summed E-state index contributed by atoms with van der Waals surface area (Å²) in [6.07, 6.45) is 5.04. The fourth-order valence-electron chi connectivity index (χ4n) is 5.31. The quantitative estimate of drug-likeness (QED) is 0.327. The minimum absolute atomic E-state index is 0.112. The molecule has 6 nitrogen and oxygen atoms in total. The highest BCUT2D eigenvalue weighted by molar-refractivity contribution is 7.90. The molecule has 2 unspecified atom stereocenters. The molecule has 1 saturated heterocycles. The van der Waals surface area contributed by atoms with E-state index in [-0.39, 0.29) is 16.9 Å². The number of benzene rings is 2. The van der Waals surface area contributed by atoms with E-state index in [1.165, 1.54) is 5.56 Å². The lowest BCUT2D eigenvalue weighted by Gasteiger charge is -2.44. The van der Waals surface area contributed by atoms with Crippen LogP contribution in [0.4, 0.5) is 4.79 Å². The number of aryl methyl sites for hydroxylation is 1. The summed E-state index contributed by atoms with van der Waals surface area (Å²) in [4.78, 5) is 18.6. The van der Waals surface area contributed by atoms with Crippen LogP contribution >= 0.6 is 0 Å². The zero-order chi connectivity index (χ0) is 27.6. The Kier molecular flexibility index (Phi) is 7.92. The molecule has 0 saturated carbocycles. The second-order valence-electron chi connectivity index (χ2n) is 11.7. The molecule has 1 spiro atoms. The molecule has 7 heteroatoms. The van der Waals surface area contributed by atoms with Gasteiger partial charge in [0.2, 0.25) is 0 Å². The summed E-state index contributed by atoms with van der Waals surface area (Å²) in [5.41, 5.74) is 4.74. The van der Waals surface area contributed by atoms with Crippen LogP contribution in [0.15, 0.2) is 66.9 Å². The molecule has 2 atom stereocenters. The molecule has 5 rings (SSSR count). The third kappa shape index (κ3) is 6.59. The van der Waals surface area contributed by atoms with Gasteiger partial charge >= 0.3 is 6.09 Å². The molecule has 1 amide bonds. The summed E-state index contributed by atoms with van der Waals surface area (Å²) in [7, 11) is 0. The third-order valence-electron chi connectivity index (χ3n) is 7.66. The smallest absolute Gasteiger partial charge is 0.410 e. The summed E-state index contributed by atoms with van der Waals surface area (Å²) in [5.74, 6) is 1.45. The first-order valence-corrected chi connectivity index (χ1v) is 15.2. The van der Waals surface area contributed by atoms with Crippen molar-refractivity contribution in [1.82, 2.24) is 9.88 Å². The van der Waals surface area contributed by atoms with E-state index in [9.17, 15) is 9.35 Å². The number of likely N-dealkylation sites (tertiary alicyclic amines) is 1. The van der Waals surface area contributed by atoms with E-state index in [1.54, 1.807) is 11.1 Å². The molecule has 39 heavy (non-hydrogen) atoms. The zero-order valence-corrected chi connectivity index (χ0v) is 24.1. The average Bonchev–Trinajstić information content (AvgIpc) is 2.93. The molecule has 3 aromatic rings. The van der Waals surface area contributed by atoms with E-state index >= 15 is 0 Å². The van der Waals surface area contributed by atoms with Gasteiger partial charge in [-0.15, -0.1) is 0 Å². The van der Waals surface area contributed by atoms with Gasteiger partial charge in [0.25, 0.3) is 0 Å². The van der Waals surface area contributed by atoms with Gasteiger partial charge in [0.15, 0.2) is 5.25 Å². The van der Waals surface area contributed by atoms with Gasteiger partial charge in [-0.25, -0.2) is 4.79 Å². The summed E-state index contributed by atoms with van der Waals surface area (Å²) in [6.45, 7) is 8.96. The maximum absolute atomic E-state index is 12.9.